The van der Waals surface area contributed by atoms with E-state index in [0.29, 0.717) is 21.7 Å². The van der Waals surface area contributed by atoms with Gasteiger partial charge in [-0.25, -0.2) is 8.78 Å². The standard InChI is InChI=1S/C17H13ClF2N4O/c18-10-2-1-3-11(7-10)24(17(21)22)8-9-6-14(25)23-16-12(9)4-5-13(19)15(16)20/h1-7H,8H2,(H3,21,22)(H,23,25). The van der Waals surface area contributed by atoms with Crippen LogP contribution in [0.1, 0.15) is 5.56 Å². The first-order chi connectivity index (χ1) is 11.9. The molecule has 5 nitrogen and oxygen atoms in total. The number of anilines is 1. The monoisotopic (exact) mass is 362 g/mol. The quantitative estimate of drug-likeness (QED) is 0.493. The molecular weight excluding hydrogens is 350 g/mol. The van der Waals surface area contributed by atoms with Gasteiger partial charge in [-0.1, -0.05) is 17.7 Å². The lowest BCUT2D eigenvalue weighted by Gasteiger charge is -2.23. The van der Waals surface area contributed by atoms with E-state index in [1.807, 2.05) is 0 Å². The second kappa shape index (κ2) is 6.52. The molecule has 1 heterocycles. The van der Waals surface area contributed by atoms with Crippen LogP contribution in [0.2, 0.25) is 5.02 Å². The normalized spacial score (nSPS) is 10.8. The Hall–Kier alpha value is -2.93. The Morgan fingerprint density at radius 1 is 1.24 bits per heavy atom. The van der Waals surface area contributed by atoms with Crippen LogP contribution in [0.25, 0.3) is 10.9 Å². The molecule has 0 saturated carbocycles. The number of halogens is 3. The van der Waals surface area contributed by atoms with Crippen molar-refractivity contribution in [2.75, 3.05) is 4.90 Å². The van der Waals surface area contributed by atoms with Gasteiger partial charge in [0, 0.05) is 22.2 Å². The molecule has 0 aliphatic heterocycles. The van der Waals surface area contributed by atoms with Gasteiger partial charge in [-0.15, -0.1) is 0 Å². The van der Waals surface area contributed by atoms with Crippen LogP contribution < -0.4 is 16.2 Å². The molecule has 0 aliphatic rings. The minimum Gasteiger partial charge on any atom is -0.370 e. The summed E-state index contributed by atoms with van der Waals surface area (Å²) in [7, 11) is 0. The van der Waals surface area contributed by atoms with Gasteiger partial charge in [-0.05, 0) is 35.9 Å². The molecule has 128 valence electrons. The lowest BCUT2D eigenvalue weighted by Crippen LogP contribution is -2.36. The number of guanidine groups is 1. The van der Waals surface area contributed by atoms with Gasteiger partial charge in [0.1, 0.15) is 0 Å². The number of hydrogen-bond acceptors (Lipinski definition) is 2. The topological polar surface area (TPSA) is 86.0 Å². The first-order valence-electron chi connectivity index (χ1n) is 7.24. The van der Waals surface area contributed by atoms with Gasteiger partial charge >= 0.3 is 0 Å². The third kappa shape index (κ3) is 3.32. The number of hydrogen-bond donors (Lipinski definition) is 3. The van der Waals surface area contributed by atoms with Crippen molar-refractivity contribution in [1.29, 1.82) is 5.41 Å². The van der Waals surface area contributed by atoms with Gasteiger partial charge in [0.2, 0.25) is 5.56 Å². The van der Waals surface area contributed by atoms with Gasteiger partial charge in [-0.2, -0.15) is 0 Å². The van der Waals surface area contributed by atoms with E-state index in [4.69, 9.17) is 22.7 Å². The molecule has 3 rings (SSSR count). The molecule has 0 saturated heterocycles. The Morgan fingerprint density at radius 2 is 2.00 bits per heavy atom. The molecule has 0 radical (unpaired) electrons. The number of aromatic amines is 1. The summed E-state index contributed by atoms with van der Waals surface area (Å²) < 4.78 is 27.4. The third-order valence-corrected chi connectivity index (χ3v) is 3.97. The summed E-state index contributed by atoms with van der Waals surface area (Å²) in [4.78, 5) is 15.5. The zero-order chi connectivity index (χ0) is 18.1. The number of benzene rings is 2. The molecule has 8 heteroatoms. The maximum Gasteiger partial charge on any atom is 0.248 e. The van der Waals surface area contributed by atoms with Gasteiger partial charge < -0.3 is 15.6 Å². The molecule has 0 aliphatic carbocycles. The van der Waals surface area contributed by atoms with Crippen molar-refractivity contribution in [2.24, 2.45) is 5.73 Å². The van der Waals surface area contributed by atoms with Crippen LogP contribution in [0.3, 0.4) is 0 Å². The van der Waals surface area contributed by atoms with Crippen LogP contribution in [-0.4, -0.2) is 10.9 Å². The predicted molar refractivity (Wildman–Crippen MR) is 94.0 cm³/mol. The van der Waals surface area contributed by atoms with Crippen molar-refractivity contribution < 1.29 is 8.78 Å². The molecule has 0 bridgehead atoms. The lowest BCUT2D eigenvalue weighted by atomic mass is 10.1. The Bertz CT molecular complexity index is 1030. The zero-order valence-corrected chi connectivity index (χ0v) is 13.6. The Morgan fingerprint density at radius 3 is 2.68 bits per heavy atom. The number of H-pyrrole nitrogens is 1. The number of nitrogens with one attached hydrogen (secondary N) is 2. The molecule has 0 spiro atoms. The second-order valence-corrected chi connectivity index (χ2v) is 5.83. The molecule has 0 atom stereocenters. The molecular formula is C17H13ClF2N4O. The maximum absolute atomic E-state index is 14.0. The smallest absolute Gasteiger partial charge is 0.248 e. The fourth-order valence-electron chi connectivity index (χ4n) is 2.60. The summed E-state index contributed by atoms with van der Waals surface area (Å²) in [6.07, 6.45) is 0. The minimum absolute atomic E-state index is 0.0150. The van der Waals surface area contributed by atoms with E-state index in [1.165, 1.54) is 17.0 Å². The third-order valence-electron chi connectivity index (χ3n) is 3.73. The molecule has 4 N–H and O–H groups in total. The highest BCUT2D eigenvalue weighted by Crippen LogP contribution is 2.25. The number of aromatic nitrogens is 1. The summed E-state index contributed by atoms with van der Waals surface area (Å²) in [5, 5.41) is 8.56. The van der Waals surface area contributed by atoms with Crippen molar-refractivity contribution in [2.45, 2.75) is 6.54 Å². The van der Waals surface area contributed by atoms with Crippen LogP contribution in [0.4, 0.5) is 14.5 Å². The fraction of sp³-hybridized carbons (Fsp3) is 0.0588. The predicted octanol–water partition coefficient (Wildman–Crippen LogP) is 3.36. The number of nitrogens with zero attached hydrogens (tertiary/aromatic N) is 1. The van der Waals surface area contributed by atoms with E-state index in [0.717, 1.165) is 6.07 Å². The van der Waals surface area contributed by atoms with Crippen molar-refractivity contribution >= 4 is 34.2 Å². The number of nitrogens with two attached hydrogens (primary N) is 1. The van der Waals surface area contributed by atoms with Crippen LogP contribution in [0.15, 0.2) is 47.3 Å². The largest absolute Gasteiger partial charge is 0.370 e. The lowest BCUT2D eigenvalue weighted by molar-refractivity contribution is 0.515. The molecule has 1 aromatic heterocycles. The molecule has 0 amide bonds. The fourth-order valence-corrected chi connectivity index (χ4v) is 2.78. The number of fused-ring (bicyclic) bond motifs is 1. The van der Waals surface area contributed by atoms with E-state index < -0.39 is 17.2 Å². The van der Waals surface area contributed by atoms with E-state index in [9.17, 15) is 13.6 Å². The van der Waals surface area contributed by atoms with Gasteiger partial charge in [0.05, 0.1) is 12.1 Å². The number of pyridine rings is 1. The highest BCUT2D eigenvalue weighted by Gasteiger charge is 2.16. The average Bonchev–Trinajstić information content (AvgIpc) is 2.56. The van der Waals surface area contributed by atoms with Crippen LogP contribution in [-0.2, 0) is 6.54 Å². The summed E-state index contributed by atoms with van der Waals surface area (Å²) in [5.41, 5.74) is 5.78. The molecule has 0 unspecified atom stereocenters. The highest BCUT2D eigenvalue weighted by molar-refractivity contribution is 6.30. The van der Waals surface area contributed by atoms with E-state index in [-0.39, 0.29) is 18.0 Å². The van der Waals surface area contributed by atoms with Crippen LogP contribution >= 0.6 is 11.6 Å². The van der Waals surface area contributed by atoms with Crippen molar-refractivity contribution in [3.8, 4) is 0 Å². The van der Waals surface area contributed by atoms with E-state index in [2.05, 4.69) is 4.98 Å². The summed E-state index contributed by atoms with van der Waals surface area (Å²) in [5.74, 6) is -2.47. The maximum atomic E-state index is 14.0. The van der Waals surface area contributed by atoms with Crippen molar-refractivity contribution in [1.82, 2.24) is 4.98 Å². The Balaban J connectivity index is 2.14. The summed E-state index contributed by atoms with van der Waals surface area (Å²) >= 11 is 5.97. The zero-order valence-electron chi connectivity index (χ0n) is 12.8. The van der Waals surface area contributed by atoms with E-state index >= 15 is 0 Å². The SMILES string of the molecule is N=C(N)N(Cc1cc(=O)[nH]c2c(F)c(F)ccc12)c1cccc(Cl)c1. The molecule has 3 aromatic rings. The molecule has 25 heavy (non-hydrogen) atoms. The second-order valence-electron chi connectivity index (χ2n) is 5.39. The minimum atomic E-state index is -1.13. The average molecular weight is 363 g/mol. The van der Waals surface area contributed by atoms with Crippen LogP contribution in [0.5, 0.6) is 0 Å². The van der Waals surface area contributed by atoms with Crippen molar-refractivity contribution in [3.05, 3.63) is 75.0 Å². The summed E-state index contributed by atoms with van der Waals surface area (Å²) in [6, 6.07) is 10.3. The first kappa shape index (κ1) is 16.9. The molecule has 2 aromatic carbocycles. The van der Waals surface area contributed by atoms with Gasteiger partial charge in [0.15, 0.2) is 17.6 Å². The van der Waals surface area contributed by atoms with Gasteiger partial charge in [-0.3, -0.25) is 10.2 Å². The Kier molecular flexibility index (Phi) is 4.41. The Labute approximate surface area is 146 Å². The van der Waals surface area contributed by atoms with Crippen LogP contribution in [0, 0.1) is 17.0 Å². The highest BCUT2D eigenvalue weighted by atomic mass is 35.5. The summed E-state index contributed by atoms with van der Waals surface area (Å²) in [6.45, 7) is 0.0150. The van der Waals surface area contributed by atoms with Gasteiger partial charge in [0.25, 0.3) is 0 Å². The van der Waals surface area contributed by atoms with E-state index in [1.54, 1.807) is 24.3 Å². The molecule has 0 fully saturated rings. The number of rotatable bonds is 3. The van der Waals surface area contributed by atoms with Crippen molar-refractivity contribution in [3.63, 3.8) is 0 Å². The first-order valence-corrected chi connectivity index (χ1v) is 7.61.